The molecule has 0 amide bonds. The number of aryl methyl sites for hydroxylation is 2. The van der Waals surface area contributed by atoms with Crippen LogP contribution in [0.3, 0.4) is 0 Å². The van der Waals surface area contributed by atoms with Crippen molar-refractivity contribution in [2.45, 2.75) is 67.7 Å². The Morgan fingerprint density at radius 3 is 0.790 bits per heavy atom. The molecule has 0 saturated heterocycles. The van der Waals surface area contributed by atoms with E-state index >= 15 is 0 Å². The van der Waals surface area contributed by atoms with E-state index in [0.29, 0.717) is 0 Å². The van der Waals surface area contributed by atoms with Gasteiger partial charge in [0.25, 0.3) is 0 Å². The van der Waals surface area contributed by atoms with E-state index in [-0.39, 0.29) is 71.4 Å². The third-order valence-electron chi connectivity index (χ3n) is 16.2. The Kier molecular flexibility index (Phi) is 49.2. The van der Waals surface area contributed by atoms with Gasteiger partial charge in [0.1, 0.15) is 0 Å². The fraction of sp³-hybridized carbons (Fsp3) is 0.111. The molecule has 11 heteroatoms. The van der Waals surface area contributed by atoms with Gasteiger partial charge in [-0.1, -0.05) is 118 Å². The van der Waals surface area contributed by atoms with E-state index in [1.54, 1.807) is 24.8 Å². The van der Waals surface area contributed by atoms with Crippen LogP contribution in [0.4, 0.5) is 5.69 Å². The predicted octanol–water partition coefficient (Wildman–Crippen LogP) is 26.4. The molecular formula is C108H94N7Ni4-. The molecule has 0 saturated carbocycles. The van der Waals surface area contributed by atoms with Gasteiger partial charge in [-0.05, 0) is 86.7 Å². The summed E-state index contributed by atoms with van der Waals surface area (Å²) in [7, 11) is 4.00. The van der Waals surface area contributed by atoms with E-state index in [1.807, 2.05) is 401 Å². The summed E-state index contributed by atoms with van der Waals surface area (Å²) in [5.41, 5.74) is 22.2. The quantitative estimate of drug-likeness (QED) is 0.0858. The van der Waals surface area contributed by atoms with E-state index in [1.165, 1.54) is 5.56 Å². The smallest absolute Gasteiger partial charge is 0.511 e. The maximum atomic E-state index is 6.92. The minimum atomic E-state index is 0. The van der Waals surface area contributed by atoms with Gasteiger partial charge in [0.2, 0.25) is 0 Å². The van der Waals surface area contributed by atoms with Crippen LogP contribution in [0.5, 0.6) is 0 Å². The van der Waals surface area contributed by atoms with Crippen molar-refractivity contribution >= 4 is 5.69 Å². The van der Waals surface area contributed by atoms with Crippen molar-refractivity contribution < 1.29 is 66.0 Å². The van der Waals surface area contributed by atoms with E-state index in [2.05, 4.69) is 118 Å². The fourth-order valence-corrected chi connectivity index (χ4v) is 10.6. The first-order valence-corrected chi connectivity index (χ1v) is 37.6. The Balaban J connectivity index is 0.000000352. The molecule has 0 N–H and O–H groups in total. The average Bonchev–Trinajstić information content (AvgIpc) is 1.76. The standard InChI is InChI=1S/4C17H11N.C12H13.C9H9N.C8H5.C5H9N2.2C3H7.4Ni/c4*1-2-7-14(8-3-1)15-9-6-10-16(13-15)17-11-4-5-12-18-17;1-5-10-6-8-11(9-7-10)12(2,3)4;1-7-5-4-6-8(2)9(7)10-3;1-2-8-6-4-3-5-7-8;1-6-3-4-7(2)5-6;2*1-3-2;;;;/h4*1-7,9-12H;6-9H,2-4H3;4-6H,1-2H3;3-7H;3-5H,1-2H3;2*3H,1-2H3;;;;/q4*-2;-1;;4*-1;4*+3. The van der Waals surface area contributed by atoms with E-state index in [9.17, 15) is 0 Å². The van der Waals surface area contributed by atoms with Crippen LogP contribution in [0.1, 0.15) is 76.3 Å². The van der Waals surface area contributed by atoms with Crippen molar-refractivity contribution in [3.63, 3.8) is 0 Å². The van der Waals surface area contributed by atoms with Gasteiger partial charge in [-0.25, -0.2) is 27.1 Å². The second-order valence-electron chi connectivity index (χ2n) is 26.6. The van der Waals surface area contributed by atoms with Crippen LogP contribution in [0, 0.1) is 113 Å². The van der Waals surface area contributed by atoms with Crippen molar-refractivity contribution in [1.29, 1.82) is 0 Å². The number of nitrogens with zero attached hydrogens (tertiary/aromatic N) is 7. The van der Waals surface area contributed by atoms with Gasteiger partial charge in [0.05, 0.1) is 6.57 Å². The normalized spacial score (nSPS) is 9.98. The van der Waals surface area contributed by atoms with Gasteiger partial charge >= 0.3 is 66.0 Å². The molecule has 11 aromatic carbocycles. The third-order valence-corrected chi connectivity index (χ3v) is 16.2. The van der Waals surface area contributed by atoms with Gasteiger partial charge in [0, 0.05) is 47.6 Å². The summed E-state index contributed by atoms with van der Waals surface area (Å²) in [5.74, 6) is 4.63. The topological polar surface area (TPSA) is 62.4 Å². The maximum absolute atomic E-state index is 6.92. The molecule has 4 radical (unpaired) electrons. The second-order valence-corrected chi connectivity index (χ2v) is 26.6. The zero-order chi connectivity index (χ0) is 82.1. The molecule has 0 fully saturated rings. The summed E-state index contributed by atoms with van der Waals surface area (Å²) in [5, 5.41) is 0. The Labute approximate surface area is 751 Å². The molecule has 119 heavy (non-hydrogen) atoms. The maximum Gasteiger partial charge on any atom is 3.00 e. The van der Waals surface area contributed by atoms with E-state index < -0.39 is 0 Å². The summed E-state index contributed by atoms with van der Waals surface area (Å²) in [6, 6.07) is 129. The largest absolute Gasteiger partial charge is 3.00 e. The SMILES string of the molecule is CN1C=CN(C)[CH-]1.C[CH-]C.C[CH-]C.[C-]#Cc1ccc(C(C)(C)C)cc1.[C-]#Cc1ccccc1.[C-]#[N+]c1c(C)cccc1C.[Ni+3].[Ni+3].[Ni+3].[Ni+3].[c-]1ccccc1-c1[c-]c(-c2ccccn2)ccc1.[c-]1ccccc1-c1[c-]c(-c2ccccn2)ccc1.[c-]1ccccc1-c1[c-]c(-c2ccccn2)ccc1.[c-]1ccccc1-c1[c-]c(-c2ccccn2)ccc1. The Bertz CT molecular complexity index is 4650. The van der Waals surface area contributed by atoms with Crippen molar-refractivity contribution in [3.05, 3.63) is 473 Å². The zero-order valence-electron chi connectivity index (χ0n) is 68.6. The molecule has 0 spiro atoms. The first-order valence-electron chi connectivity index (χ1n) is 37.6. The zero-order valence-corrected chi connectivity index (χ0v) is 72.6. The van der Waals surface area contributed by atoms with Crippen LogP contribution >= 0.6 is 0 Å². The first-order chi connectivity index (χ1) is 56.1. The second kappa shape index (κ2) is 57.9. The van der Waals surface area contributed by atoms with E-state index in [4.69, 9.17) is 19.4 Å². The minimum absolute atomic E-state index is 0. The summed E-state index contributed by atoms with van der Waals surface area (Å²) < 4.78 is 0. The predicted molar refractivity (Wildman–Crippen MR) is 478 cm³/mol. The minimum Gasteiger partial charge on any atom is -0.511 e. The van der Waals surface area contributed by atoms with E-state index in [0.717, 1.165) is 117 Å². The Morgan fingerprint density at radius 1 is 0.328 bits per heavy atom. The number of rotatable bonds is 8. The van der Waals surface area contributed by atoms with Crippen LogP contribution in [0.2, 0.25) is 0 Å². The number of hydrogen-bond donors (Lipinski definition) is 0. The molecule has 16 rings (SSSR count). The van der Waals surface area contributed by atoms with Crippen molar-refractivity contribution in [2.75, 3.05) is 14.1 Å². The summed E-state index contributed by atoms with van der Waals surface area (Å²) in [4.78, 5) is 24.8. The summed E-state index contributed by atoms with van der Waals surface area (Å²) in [6.45, 7) is 27.3. The molecule has 0 unspecified atom stereocenters. The number of hydrogen-bond acceptors (Lipinski definition) is 6. The molecule has 0 atom stereocenters. The summed E-state index contributed by atoms with van der Waals surface area (Å²) >= 11 is 0. The van der Waals surface area contributed by atoms with Crippen LogP contribution < -0.4 is 0 Å². The molecule has 5 heterocycles. The van der Waals surface area contributed by atoms with Crippen LogP contribution in [-0.2, 0) is 71.4 Å². The van der Waals surface area contributed by atoms with Gasteiger partial charge in [-0.15, -0.1) is 130 Å². The average molecular weight is 1720 g/mol. The molecule has 1 aliphatic heterocycles. The van der Waals surface area contributed by atoms with Crippen LogP contribution in [-0.4, -0.2) is 43.8 Å². The molecule has 0 aliphatic carbocycles. The van der Waals surface area contributed by atoms with Crippen molar-refractivity contribution in [2.24, 2.45) is 0 Å². The van der Waals surface area contributed by atoms with Crippen LogP contribution in [0.15, 0.2) is 353 Å². The molecule has 4 aromatic heterocycles. The third kappa shape index (κ3) is 36.6. The molecule has 7 nitrogen and oxygen atoms in total. The molecule has 0 bridgehead atoms. The van der Waals surface area contributed by atoms with Gasteiger partial charge < -0.3 is 35.5 Å². The van der Waals surface area contributed by atoms with Gasteiger partial charge in [-0.2, -0.15) is 202 Å². The molecule has 1 aliphatic rings. The Morgan fingerprint density at radius 2 is 0.580 bits per heavy atom. The van der Waals surface area contributed by atoms with Gasteiger partial charge in [-0.3, -0.25) is 31.8 Å². The number of pyridine rings is 4. The monoisotopic (exact) mass is 1720 g/mol. The fourth-order valence-electron chi connectivity index (χ4n) is 10.6. The summed E-state index contributed by atoms with van der Waals surface area (Å²) in [6.07, 6.45) is 28.8. The van der Waals surface area contributed by atoms with Crippen LogP contribution in [0.25, 0.3) is 94.4 Å². The molecule has 15 aromatic rings. The van der Waals surface area contributed by atoms with Gasteiger partial charge in [0.15, 0.2) is 5.69 Å². The van der Waals surface area contributed by atoms with Crippen molar-refractivity contribution in [3.8, 4) is 101 Å². The molecular weight excluding hydrogens is 1630 g/mol. The van der Waals surface area contributed by atoms with Crippen molar-refractivity contribution in [1.82, 2.24) is 29.7 Å². The number of aromatic nitrogens is 4. The Hall–Kier alpha value is -12.1. The molecule has 602 valence electrons. The number of para-hydroxylation sites is 1. The number of benzene rings is 11. The first kappa shape index (κ1) is 101.